The monoisotopic (exact) mass is 387 g/mol. The molecule has 0 aliphatic rings. The van der Waals surface area contributed by atoms with Gasteiger partial charge in [0.25, 0.3) is 0 Å². The topological polar surface area (TPSA) is 80.3 Å². The van der Waals surface area contributed by atoms with Crippen LogP contribution in [0, 0.1) is 6.92 Å². The summed E-state index contributed by atoms with van der Waals surface area (Å²) in [4.78, 5) is 0.268. The molecule has 0 saturated carbocycles. The maximum Gasteiger partial charge on any atom is 0.241 e. The van der Waals surface area contributed by atoms with Gasteiger partial charge >= 0.3 is 0 Å². The number of hydrogen-bond donors (Lipinski definition) is 1. The van der Waals surface area contributed by atoms with Crippen molar-refractivity contribution in [3.63, 3.8) is 0 Å². The normalized spacial score (nSPS) is 13.7. The van der Waals surface area contributed by atoms with Crippen LogP contribution in [0.3, 0.4) is 0 Å². The van der Waals surface area contributed by atoms with Gasteiger partial charge in [0.2, 0.25) is 10.0 Å². The summed E-state index contributed by atoms with van der Waals surface area (Å²) in [6, 6.07) is 10.1. The Morgan fingerprint density at radius 2 is 1.50 bits per heavy atom. The summed E-state index contributed by atoms with van der Waals surface area (Å²) in [5.41, 5.74) is 1.45. The van der Waals surface area contributed by atoms with Gasteiger partial charge in [-0.15, -0.1) is 0 Å². The van der Waals surface area contributed by atoms with Gasteiger partial charge in [0.05, 0.1) is 9.79 Å². The SMILES string of the molecule is Cc1ccc(S(=O)(=O)NC(C)c2ccc(S(C)(=O)=O)cc2)cc1Cl. The minimum Gasteiger partial charge on any atom is -0.224 e. The number of sulfone groups is 1. The summed E-state index contributed by atoms with van der Waals surface area (Å²) in [6.45, 7) is 3.47. The van der Waals surface area contributed by atoms with Crippen molar-refractivity contribution in [2.75, 3.05) is 6.26 Å². The van der Waals surface area contributed by atoms with Crippen molar-refractivity contribution in [3.8, 4) is 0 Å². The van der Waals surface area contributed by atoms with Crippen LogP contribution in [0.5, 0.6) is 0 Å². The molecule has 0 bridgehead atoms. The number of aryl methyl sites for hydroxylation is 1. The maximum absolute atomic E-state index is 12.4. The molecule has 0 aliphatic heterocycles. The Morgan fingerprint density at radius 1 is 0.958 bits per heavy atom. The Morgan fingerprint density at radius 3 is 2.00 bits per heavy atom. The van der Waals surface area contributed by atoms with E-state index in [0.29, 0.717) is 10.6 Å². The van der Waals surface area contributed by atoms with Crippen LogP contribution in [0.25, 0.3) is 0 Å². The van der Waals surface area contributed by atoms with Gasteiger partial charge in [-0.3, -0.25) is 0 Å². The molecule has 0 aliphatic carbocycles. The lowest BCUT2D eigenvalue weighted by atomic mass is 10.1. The number of sulfonamides is 1. The molecule has 0 radical (unpaired) electrons. The molecule has 8 heteroatoms. The van der Waals surface area contributed by atoms with E-state index in [9.17, 15) is 16.8 Å². The van der Waals surface area contributed by atoms with Gasteiger partial charge in [0.15, 0.2) is 9.84 Å². The molecule has 5 nitrogen and oxygen atoms in total. The molecule has 1 N–H and O–H groups in total. The van der Waals surface area contributed by atoms with Crippen LogP contribution in [0.4, 0.5) is 0 Å². The molecule has 1 unspecified atom stereocenters. The molecule has 0 saturated heterocycles. The number of rotatable bonds is 5. The Bertz CT molecular complexity index is 952. The van der Waals surface area contributed by atoms with E-state index in [-0.39, 0.29) is 9.79 Å². The Balaban J connectivity index is 2.24. The third-order valence-corrected chi connectivity index (χ3v) is 6.67. The largest absolute Gasteiger partial charge is 0.241 e. The molecule has 0 heterocycles. The van der Waals surface area contributed by atoms with Crippen molar-refractivity contribution in [3.05, 3.63) is 58.6 Å². The molecule has 24 heavy (non-hydrogen) atoms. The van der Waals surface area contributed by atoms with Gasteiger partial charge in [0.1, 0.15) is 0 Å². The van der Waals surface area contributed by atoms with Crippen molar-refractivity contribution in [2.24, 2.45) is 0 Å². The number of halogens is 1. The summed E-state index contributed by atoms with van der Waals surface area (Å²) in [5, 5.41) is 0.378. The average Bonchev–Trinajstić information content (AvgIpc) is 2.48. The van der Waals surface area contributed by atoms with Crippen LogP contribution in [-0.2, 0) is 19.9 Å². The first-order valence-electron chi connectivity index (χ1n) is 7.09. The van der Waals surface area contributed by atoms with Crippen LogP contribution < -0.4 is 4.72 Å². The van der Waals surface area contributed by atoms with Crippen molar-refractivity contribution >= 4 is 31.5 Å². The molecule has 130 valence electrons. The minimum atomic E-state index is -3.74. The van der Waals surface area contributed by atoms with Crippen molar-refractivity contribution in [1.29, 1.82) is 0 Å². The third-order valence-electron chi connectivity index (χ3n) is 3.59. The van der Waals surface area contributed by atoms with Gasteiger partial charge < -0.3 is 0 Å². The second kappa shape index (κ2) is 6.84. The summed E-state index contributed by atoms with van der Waals surface area (Å²) in [7, 11) is -7.02. The van der Waals surface area contributed by atoms with Crippen molar-refractivity contribution < 1.29 is 16.8 Å². The van der Waals surface area contributed by atoms with E-state index in [4.69, 9.17) is 11.6 Å². The standard InChI is InChI=1S/C16H18ClNO4S2/c1-11-4-7-15(10-16(11)17)24(21,22)18-12(2)13-5-8-14(9-6-13)23(3,19)20/h4-10,12,18H,1-3H3. The van der Waals surface area contributed by atoms with Crippen molar-refractivity contribution in [2.45, 2.75) is 29.7 Å². The van der Waals surface area contributed by atoms with E-state index < -0.39 is 25.9 Å². The maximum atomic E-state index is 12.4. The summed E-state index contributed by atoms with van der Waals surface area (Å²) < 4.78 is 50.4. The number of benzene rings is 2. The zero-order valence-electron chi connectivity index (χ0n) is 13.4. The first-order valence-corrected chi connectivity index (χ1v) is 10.8. The van der Waals surface area contributed by atoms with E-state index in [1.54, 1.807) is 32.0 Å². The van der Waals surface area contributed by atoms with Gasteiger partial charge in [-0.25, -0.2) is 21.6 Å². The molecule has 0 aromatic heterocycles. The molecule has 2 rings (SSSR count). The first kappa shape index (κ1) is 18.9. The predicted octanol–water partition coefficient (Wildman–Crippen LogP) is 3.09. The van der Waals surface area contributed by atoms with Gasteiger partial charge in [-0.1, -0.05) is 29.8 Å². The molecule has 2 aromatic rings. The minimum absolute atomic E-state index is 0.0812. The molecule has 0 spiro atoms. The first-order chi connectivity index (χ1) is 11.0. The summed E-state index contributed by atoms with van der Waals surface area (Å²) in [5.74, 6) is 0. The molecule has 0 amide bonds. The van der Waals surface area contributed by atoms with E-state index in [1.165, 1.54) is 24.3 Å². The highest BCUT2D eigenvalue weighted by molar-refractivity contribution is 7.90. The van der Waals surface area contributed by atoms with Gasteiger partial charge in [-0.05, 0) is 49.2 Å². The van der Waals surface area contributed by atoms with Crippen LogP contribution in [0.15, 0.2) is 52.3 Å². The van der Waals surface area contributed by atoms with Crippen LogP contribution in [-0.4, -0.2) is 23.1 Å². The third kappa shape index (κ3) is 4.36. The van der Waals surface area contributed by atoms with Crippen LogP contribution >= 0.6 is 11.6 Å². The Kier molecular flexibility index (Phi) is 5.39. The lowest BCUT2D eigenvalue weighted by molar-refractivity contribution is 0.566. The fourth-order valence-electron chi connectivity index (χ4n) is 2.11. The quantitative estimate of drug-likeness (QED) is 0.854. The van der Waals surface area contributed by atoms with E-state index in [0.717, 1.165) is 11.8 Å². The van der Waals surface area contributed by atoms with Crippen LogP contribution in [0.2, 0.25) is 5.02 Å². The smallest absolute Gasteiger partial charge is 0.224 e. The van der Waals surface area contributed by atoms with Gasteiger partial charge in [0, 0.05) is 17.3 Å². The second-order valence-electron chi connectivity index (χ2n) is 5.60. The summed E-state index contributed by atoms with van der Waals surface area (Å²) in [6.07, 6.45) is 1.12. The molecule has 2 aromatic carbocycles. The summed E-state index contributed by atoms with van der Waals surface area (Å²) >= 11 is 5.98. The molecule has 1 atom stereocenters. The lowest BCUT2D eigenvalue weighted by Crippen LogP contribution is -2.27. The number of hydrogen-bond acceptors (Lipinski definition) is 4. The van der Waals surface area contributed by atoms with E-state index >= 15 is 0 Å². The average molecular weight is 388 g/mol. The Hall–Kier alpha value is -1.41. The van der Waals surface area contributed by atoms with Crippen molar-refractivity contribution in [1.82, 2.24) is 4.72 Å². The lowest BCUT2D eigenvalue weighted by Gasteiger charge is -2.15. The van der Waals surface area contributed by atoms with E-state index in [2.05, 4.69) is 4.72 Å². The molecular formula is C16H18ClNO4S2. The zero-order valence-corrected chi connectivity index (χ0v) is 15.8. The predicted molar refractivity (Wildman–Crippen MR) is 94.5 cm³/mol. The molecular weight excluding hydrogens is 370 g/mol. The molecule has 0 fully saturated rings. The number of nitrogens with one attached hydrogen (secondary N) is 1. The van der Waals surface area contributed by atoms with E-state index in [1.807, 2.05) is 0 Å². The highest BCUT2D eigenvalue weighted by Gasteiger charge is 2.19. The highest BCUT2D eigenvalue weighted by atomic mass is 35.5. The van der Waals surface area contributed by atoms with Gasteiger partial charge in [-0.2, -0.15) is 0 Å². The second-order valence-corrected chi connectivity index (χ2v) is 9.73. The fourth-order valence-corrected chi connectivity index (χ4v) is 4.25. The Labute approximate surface area is 147 Å². The fraction of sp³-hybridized carbons (Fsp3) is 0.250. The zero-order chi connectivity index (χ0) is 18.1. The highest BCUT2D eigenvalue weighted by Crippen LogP contribution is 2.22. The van der Waals surface area contributed by atoms with Crippen LogP contribution in [0.1, 0.15) is 24.1 Å².